The van der Waals surface area contributed by atoms with Crippen LogP contribution >= 0.6 is 0 Å². The highest BCUT2D eigenvalue weighted by molar-refractivity contribution is 5.68. The highest BCUT2D eigenvalue weighted by atomic mass is 16.6. The fraction of sp³-hybridized carbons (Fsp3) is 0.941. The van der Waals surface area contributed by atoms with Gasteiger partial charge in [0.25, 0.3) is 0 Å². The molecule has 5 nitrogen and oxygen atoms in total. The molecular weight excluding hydrogens is 280 g/mol. The van der Waals surface area contributed by atoms with Gasteiger partial charge in [0, 0.05) is 18.2 Å². The van der Waals surface area contributed by atoms with Crippen molar-refractivity contribution >= 4 is 6.09 Å². The summed E-state index contributed by atoms with van der Waals surface area (Å²) in [6.45, 7) is 9.24. The van der Waals surface area contributed by atoms with Crippen LogP contribution in [-0.4, -0.2) is 42.5 Å². The summed E-state index contributed by atoms with van der Waals surface area (Å²) < 4.78 is 10.9. The zero-order valence-corrected chi connectivity index (χ0v) is 14.5. The number of alkyl carbamates (subject to hydrolysis) is 1. The lowest BCUT2D eigenvalue weighted by Gasteiger charge is -2.42. The first-order valence-corrected chi connectivity index (χ1v) is 8.62. The van der Waals surface area contributed by atoms with Crippen molar-refractivity contribution in [2.24, 2.45) is 0 Å². The van der Waals surface area contributed by atoms with Crippen molar-refractivity contribution in [2.45, 2.75) is 89.4 Å². The van der Waals surface area contributed by atoms with Crippen LogP contribution in [0.1, 0.15) is 66.2 Å². The first-order chi connectivity index (χ1) is 10.3. The van der Waals surface area contributed by atoms with Crippen LogP contribution in [-0.2, 0) is 9.47 Å². The third-order valence-corrected chi connectivity index (χ3v) is 4.55. The molecule has 5 heteroatoms. The fourth-order valence-electron chi connectivity index (χ4n) is 3.44. The quantitative estimate of drug-likeness (QED) is 0.841. The van der Waals surface area contributed by atoms with Gasteiger partial charge >= 0.3 is 6.09 Å². The van der Waals surface area contributed by atoms with Gasteiger partial charge in [-0.05, 0) is 47.0 Å². The number of hydrogen-bond acceptors (Lipinski definition) is 4. The van der Waals surface area contributed by atoms with Crippen LogP contribution in [0.15, 0.2) is 0 Å². The van der Waals surface area contributed by atoms with Crippen molar-refractivity contribution in [2.75, 3.05) is 13.2 Å². The highest BCUT2D eigenvalue weighted by Crippen LogP contribution is 2.29. The summed E-state index contributed by atoms with van der Waals surface area (Å²) in [7, 11) is 0. The average Bonchev–Trinajstić information content (AvgIpc) is 2.39. The largest absolute Gasteiger partial charge is 0.444 e. The van der Waals surface area contributed by atoms with Crippen molar-refractivity contribution < 1.29 is 14.3 Å². The van der Waals surface area contributed by atoms with Gasteiger partial charge in [-0.15, -0.1) is 0 Å². The van der Waals surface area contributed by atoms with Gasteiger partial charge in [0.15, 0.2) is 0 Å². The molecule has 0 aromatic carbocycles. The van der Waals surface area contributed by atoms with Crippen LogP contribution in [0.25, 0.3) is 0 Å². The molecule has 0 aromatic rings. The van der Waals surface area contributed by atoms with Gasteiger partial charge in [-0.3, -0.25) is 0 Å². The zero-order chi connectivity index (χ0) is 16.2. The predicted molar refractivity (Wildman–Crippen MR) is 87.0 cm³/mol. The van der Waals surface area contributed by atoms with E-state index in [1.807, 2.05) is 20.8 Å². The average molecular weight is 312 g/mol. The molecule has 2 fully saturated rings. The van der Waals surface area contributed by atoms with Crippen LogP contribution in [0.4, 0.5) is 4.79 Å². The lowest BCUT2D eigenvalue weighted by atomic mass is 9.82. The summed E-state index contributed by atoms with van der Waals surface area (Å²) >= 11 is 0. The number of hydrogen-bond donors (Lipinski definition) is 2. The van der Waals surface area contributed by atoms with E-state index in [0.29, 0.717) is 6.61 Å². The third kappa shape index (κ3) is 5.43. The van der Waals surface area contributed by atoms with Crippen LogP contribution in [0.3, 0.4) is 0 Å². The molecule has 0 spiro atoms. The Morgan fingerprint density at radius 3 is 2.50 bits per heavy atom. The SMILES string of the molecule is CC1(N[C@@H]2CCOC[C@H]2NC(=O)OC(C)(C)C)CCCCC1. The summed E-state index contributed by atoms with van der Waals surface area (Å²) in [5, 5.41) is 6.79. The Morgan fingerprint density at radius 1 is 1.18 bits per heavy atom. The first-order valence-electron chi connectivity index (χ1n) is 8.62. The van der Waals surface area contributed by atoms with Crippen LogP contribution in [0, 0.1) is 0 Å². The van der Waals surface area contributed by atoms with Gasteiger partial charge in [-0.2, -0.15) is 0 Å². The standard InChI is InChI=1S/C17H32N2O3/c1-16(2,3)22-15(20)18-14-12-21-11-8-13(14)19-17(4)9-6-5-7-10-17/h13-14,19H,5-12H2,1-4H3,(H,18,20)/t13-,14-/m1/s1. The van der Waals surface area contributed by atoms with E-state index in [1.54, 1.807) is 0 Å². The minimum Gasteiger partial charge on any atom is -0.444 e. The maximum absolute atomic E-state index is 12.0. The molecule has 1 heterocycles. The second-order valence-electron chi connectivity index (χ2n) is 7.99. The number of carbonyl (C=O) groups excluding carboxylic acids is 1. The molecule has 0 aromatic heterocycles. The summed E-state index contributed by atoms with van der Waals surface area (Å²) in [5.74, 6) is 0. The highest BCUT2D eigenvalue weighted by Gasteiger charge is 2.35. The van der Waals surface area contributed by atoms with E-state index < -0.39 is 5.60 Å². The molecule has 22 heavy (non-hydrogen) atoms. The smallest absolute Gasteiger partial charge is 0.408 e. The lowest BCUT2D eigenvalue weighted by molar-refractivity contribution is 0.0188. The van der Waals surface area contributed by atoms with E-state index in [0.717, 1.165) is 13.0 Å². The Kier molecular flexibility index (Phi) is 5.72. The van der Waals surface area contributed by atoms with E-state index in [9.17, 15) is 4.79 Å². The van der Waals surface area contributed by atoms with Crippen LogP contribution in [0.5, 0.6) is 0 Å². The van der Waals surface area contributed by atoms with Crippen LogP contribution < -0.4 is 10.6 Å². The van der Waals surface area contributed by atoms with Crippen molar-refractivity contribution in [1.29, 1.82) is 0 Å². The van der Waals surface area contributed by atoms with E-state index in [-0.39, 0.29) is 23.7 Å². The zero-order valence-electron chi connectivity index (χ0n) is 14.5. The topological polar surface area (TPSA) is 59.6 Å². The molecule has 2 rings (SSSR count). The van der Waals surface area contributed by atoms with Crippen LogP contribution in [0.2, 0.25) is 0 Å². The molecule has 0 bridgehead atoms. The molecule has 0 unspecified atom stereocenters. The molecule has 2 N–H and O–H groups in total. The fourth-order valence-corrected chi connectivity index (χ4v) is 3.44. The van der Waals surface area contributed by atoms with Gasteiger partial charge in [0.2, 0.25) is 0 Å². The monoisotopic (exact) mass is 312 g/mol. The summed E-state index contributed by atoms with van der Waals surface area (Å²) in [4.78, 5) is 12.0. The number of carbonyl (C=O) groups is 1. The molecule has 2 aliphatic rings. The number of rotatable bonds is 3. The van der Waals surface area contributed by atoms with Gasteiger partial charge in [-0.1, -0.05) is 19.3 Å². The Balaban J connectivity index is 1.91. The molecule has 1 saturated carbocycles. The number of ether oxygens (including phenoxy) is 2. The molecule has 1 aliphatic heterocycles. The number of nitrogens with one attached hydrogen (secondary N) is 2. The molecule has 1 amide bonds. The summed E-state index contributed by atoms with van der Waals surface area (Å²) in [5.41, 5.74) is -0.286. The van der Waals surface area contributed by atoms with Gasteiger partial charge in [0.05, 0.1) is 12.6 Å². The molecule has 128 valence electrons. The minimum atomic E-state index is -0.474. The maximum atomic E-state index is 12.0. The molecule has 1 aliphatic carbocycles. The first kappa shape index (κ1) is 17.5. The van der Waals surface area contributed by atoms with Crippen molar-refractivity contribution in [3.05, 3.63) is 0 Å². The minimum absolute atomic E-state index is 0.0256. The normalized spacial score (nSPS) is 28.9. The second-order valence-corrected chi connectivity index (χ2v) is 7.99. The van der Waals surface area contributed by atoms with Crippen molar-refractivity contribution in [1.82, 2.24) is 10.6 Å². The van der Waals surface area contributed by atoms with Crippen molar-refractivity contribution in [3.63, 3.8) is 0 Å². The Morgan fingerprint density at radius 2 is 1.86 bits per heavy atom. The van der Waals surface area contributed by atoms with Gasteiger partial charge in [0.1, 0.15) is 5.60 Å². The van der Waals surface area contributed by atoms with E-state index in [1.165, 1.54) is 32.1 Å². The lowest BCUT2D eigenvalue weighted by Crippen LogP contribution is -2.61. The molecular formula is C17H32N2O3. The predicted octanol–water partition coefficient (Wildman–Crippen LogP) is 2.98. The van der Waals surface area contributed by atoms with E-state index in [4.69, 9.17) is 9.47 Å². The Bertz CT molecular complexity index is 373. The second kappa shape index (κ2) is 7.18. The summed E-state index contributed by atoms with van der Waals surface area (Å²) in [6.07, 6.45) is 6.91. The molecule has 1 saturated heterocycles. The summed E-state index contributed by atoms with van der Waals surface area (Å²) in [6, 6.07) is 0.228. The third-order valence-electron chi connectivity index (χ3n) is 4.55. The Hall–Kier alpha value is -0.810. The number of amides is 1. The van der Waals surface area contributed by atoms with E-state index >= 15 is 0 Å². The van der Waals surface area contributed by atoms with E-state index in [2.05, 4.69) is 17.6 Å². The molecule has 0 radical (unpaired) electrons. The van der Waals surface area contributed by atoms with Gasteiger partial charge in [-0.25, -0.2) is 4.79 Å². The molecule has 2 atom stereocenters. The Labute approximate surface area is 134 Å². The van der Waals surface area contributed by atoms with Crippen molar-refractivity contribution in [3.8, 4) is 0 Å². The van der Waals surface area contributed by atoms with Gasteiger partial charge < -0.3 is 20.1 Å². The maximum Gasteiger partial charge on any atom is 0.408 e.